The van der Waals surface area contributed by atoms with Gasteiger partial charge in [-0.25, -0.2) is 0 Å². The third kappa shape index (κ3) is 3.33. The first-order chi connectivity index (χ1) is 10.6. The molecule has 120 valence electrons. The molecule has 4 heteroatoms. The Hall–Kier alpha value is -1.39. The molecule has 3 rings (SSSR count). The van der Waals surface area contributed by atoms with Gasteiger partial charge in [0.05, 0.1) is 13.2 Å². The number of amides is 1. The minimum atomic E-state index is 0.161. The number of benzene rings is 1. The van der Waals surface area contributed by atoms with Crippen LogP contribution in [-0.2, 0) is 29.1 Å². The van der Waals surface area contributed by atoms with Crippen LogP contribution >= 0.6 is 0 Å². The Morgan fingerprint density at radius 2 is 2.32 bits per heavy atom. The molecule has 2 atom stereocenters. The smallest absolute Gasteiger partial charge is 0.223 e. The molecule has 0 aromatic heterocycles. The van der Waals surface area contributed by atoms with Gasteiger partial charge < -0.3 is 15.0 Å². The van der Waals surface area contributed by atoms with E-state index in [2.05, 4.69) is 42.4 Å². The Balaban J connectivity index is 1.60. The first kappa shape index (κ1) is 15.5. The van der Waals surface area contributed by atoms with E-state index in [0.29, 0.717) is 19.2 Å². The summed E-state index contributed by atoms with van der Waals surface area (Å²) < 4.78 is 5.50. The quantitative estimate of drug-likeness (QED) is 0.930. The summed E-state index contributed by atoms with van der Waals surface area (Å²) in [5.74, 6) is 0.374. The average Bonchev–Trinajstić information content (AvgIpc) is 2.55. The molecular weight excluding hydrogens is 276 g/mol. The van der Waals surface area contributed by atoms with Gasteiger partial charge in [-0.1, -0.05) is 18.2 Å². The van der Waals surface area contributed by atoms with Crippen LogP contribution in [0.3, 0.4) is 0 Å². The largest absolute Gasteiger partial charge is 0.376 e. The lowest BCUT2D eigenvalue weighted by Gasteiger charge is -2.34. The molecule has 2 heterocycles. The molecule has 1 aromatic carbocycles. The van der Waals surface area contributed by atoms with E-state index in [1.165, 1.54) is 16.7 Å². The molecule has 1 N–H and O–H groups in total. The van der Waals surface area contributed by atoms with Gasteiger partial charge in [-0.3, -0.25) is 4.79 Å². The van der Waals surface area contributed by atoms with E-state index < -0.39 is 0 Å². The van der Waals surface area contributed by atoms with Crippen LogP contribution < -0.4 is 5.32 Å². The summed E-state index contributed by atoms with van der Waals surface area (Å²) in [6.07, 6.45) is 2.88. The fourth-order valence-electron chi connectivity index (χ4n) is 3.52. The second-order valence-electron chi connectivity index (χ2n) is 6.63. The van der Waals surface area contributed by atoms with Crippen LogP contribution in [0.4, 0.5) is 0 Å². The Labute approximate surface area is 132 Å². The van der Waals surface area contributed by atoms with Crippen LogP contribution in [0.2, 0.25) is 0 Å². The van der Waals surface area contributed by atoms with Gasteiger partial charge in [-0.05, 0) is 56.5 Å². The maximum atomic E-state index is 12.4. The molecule has 1 amide bonds. The summed E-state index contributed by atoms with van der Waals surface area (Å²) in [7, 11) is 2.14. The number of likely N-dealkylation sites (tertiary alicyclic amines) is 1. The highest BCUT2D eigenvalue weighted by Crippen LogP contribution is 2.23. The molecule has 2 aliphatic rings. The fourth-order valence-corrected chi connectivity index (χ4v) is 3.52. The molecular formula is C18H26N2O2. The summed E-state index contributed by atoms with van der Waals surface area (Å²) in [4.78, 5) is 14.8. The van der Waals surface area contributed by atoms with Gasteiger partial charge in [0.1, 0.15) is 0 Å². The van der Waals surface area contributed by atoms with Crippen molar-refractivity contribution in [2.24, 2.45) is 5.92 Å². The summed E-state index contributed by atoms with van der Waals surface area (Å²) in [6, 6.07) is 6.80. The fraction of sp³-hybridized carbons (Fsp3) is 0.611. The van der Waals surface area contributed by atoms with Crippen molar-refractivity contribution in [3.8, 4) is 0 Å². The molecule has 0 bridgehead atoms. The number of nitrogens with zero attached hydrogens (tertiary/aromatic N) is 1. The van der Waals surface area contributed by atoms with Crippen molar-refractivity contribution >= 4 is 5.91 Å². The minimum Gasteiger partial charge on any atom is -0.376 e. The molecule has 0 radical (unpaired) electrons. The second-order valence-corrected chi connectivity index (χ2v) is 6.63. The Morgan fingerprint density at radius 3 is 3.14 bits per heavy atom. The number of hydrogen-bond donors (Lipinski definition) is 1. The summed E-state index contributed by atoms with van der Waals surface area (Å²) in [5.41, 5.74) is 3.88. The Kier molecular flexibility index (Phi) is 4.79. The van der Waals surface area contributed by atoms with E-state index in [0.717, 1.165) is 32.4 Å². The van der Waals surface area contributed by atoms with Crippen molar-refractivity contribution in [2.45, 2.75) is 45.4 Å². The van der Waals surface area contributed by atoms with Crippen molar-refractivity contribution in [1.82, 2.24) is 10.2 Å². The predicted molar refractivity (Wildman–Crippen MR) is 86.5 cm³/mol. The highest BCUT2D eigenvalue weighted by Gasteiger charge is 2.27. The highest BCUT2D eigenvalue weighted by atomic mass is 16.5. The predicted octanol–water partition coefficient (Wildman–Crippen LogP) is 2.11. The monoisotopic (exact) mass is 302 g/mol. The molecule has 1 aromatic rings. The molecule has 0 aliphatic carbocycles. The lowest BCUT2D eigenvalue weighted by molar-refractivity contribution is -0.127. The van der Waals surface area contributed by atoms with Crippen molar-refractivity contribution in [2.75, 3.05) is 20.2 Å². The van der Waals surface area contributed by atoms with Gasteiger partial charge in [-0.15, -0.1) is 0 Å². The SMILES string of the molecule is C[C@H]1C[C@@H](C(=O)NCc2cccc3c2CCOC3)CCN1C. The standard InChI is InChI=1S/C18H26N2O2/c1-13-10-14(6-8-20(13)2)18(21)19-11-15-4-3-5-16-12-22-9-7-17(15)16/h3-5,13-14H,6-12H2,1-2H3,(H,19,21)/t13-,14-/m0/s1. The number of carbonyl (C=O) groups excluding carboxylic acids is 1. The third-order valence-corrected chi connectivity index (χ3v) is 5.16. The topological polar surface area (TPSA) is 41.6 Å². The Bertz CT molecular complexity index is 544. The van der Waals surface area contributed by atoms with E-state index >= 15 is 0 Å². The number of hydrogen-bond acceptors (Lipinski definition) is 3. The van der Waals surface area contributed by atoms with Gasteiger partial charge in [0.25, 0.3) is 0 Å². The number of nitrogens with one attached hydrogen (secondary N) is 1. The van der Waals surface area contributed by atoms with Crippen LogP contribution in [0, 0.1) is 5.92 Å². The van der Waals surface area contributed by atoms with Gasteiger partial charge in [0.2, 0.25) is 5.91 Å². The van der Waals surface area contributed by atoms with Gasteiger partial charge >= 0.3 is 0 Å². The van der Waals surface area contributed by atoms with Crippen molar-refractivity contribution in [3.05, 3.63) is 34.9 Å². The highest BCUT2D eigenvalue weighted by molar-refractivity contribution is 5.78. The first-order valence-corrected chi connectivity index (χ1v) is 8.30. The lowest BCUT2D eigenvalue weighted by Crippen LogP contribution is -2.43. The van der Waals surface area contributed by atoms with Crippen molar-refractivity contribution < 1.29 is 9.53 Å². The molecule has 0 spiro atoms. The van der Waals surface area contributed by atoms with Crippen LogP contribution in [0.1, 0.15) is 36.5 Å². The number of piperidine rings is 1. The van der Waals surface area contributed by atoms with Gasteiger partial charge in [0, 0.05) is 18.5 Å². The maximum Gasteiger partial charge on any atom is 0.223 e. The lowest BCUT2D eigenvalue weighted by atomic mass is 9.91. The third-order valence-electron chi connectivity index (χ3n) is 5.16. The number of ether oxygens (including phenoxy) is 1. The van der Waals surface area contributed by atoms with E-state index in [1.807, 2.05) is 0 Å². The maximum absolute atomic E-state index is 12.4. The number of carbonyl (C=O) groups is 1. The van der Waals surface area contributed by atoms with Gasteiger partial charge in [-0.2, -0.15) is 0 Å². The molecule has 1 fully saturated rings. The summed E-state index contributed by atoms with van der Waals surface area (Å²) in [5, 5.41) is 3.16. The molecule has 0 saturated carbocycles. The summed E-state index contributed by atoms with van der Waals surface area (Å²) in [6.45, 7) is 5.33. The van der Waals surface area contributed by atoms with Crippen LogP contribution in [0.25, 0.3) is 0 Å². The van der Waals surface area contributed by atoms with Crippen LogP contribution in [0.15, 0.2) is 18.2 Å². The molecule has 0 unspecified atom stereocenters. The molecule has 2 aliphatic heterocycles. The van der Waals surface area contributed by atoms with Gasteiger partial charge in [0.15, 0.2) is 0 Å². The zero-order valence-corrected chi connectivity index (χ0v) is 13.6. The zero-order valence-electron chi connectivity index (χ0n) is 13.6. The number of rotatable bonds is 3. The zero-order chi connectivity index (χ0) is 15.5. The van der Waals surface area contributed by atoms with E-state index in [9.17, 15) is 4.79 Å². The minimum absolute atomic E-state index is 0.161. The van der Waals surface area contributed by atoms with Crippen LogP contribution in [-0.4, -0.2) is 37.0 Å². The number of fused-ring (bicyclic) bond motifs is 1. The molecule has 1 saturated heterocycles. The van der Waals surface area contributed by atoms with Crippen LogP contribution in [0.5, 0.6) is 0 Å². The van der Waals surface area contributed by atoms with E-state index in [1.54, 1.807) is 0 Å². The normalized spacial score (nSPS) is 25.5. The molecule has 22 heavy (non-hydrogen) atoms. The van der Waals surface area contributed by atoms with Crippen molar-refractivity contribution in [1.29, 1.82) is 0 Å². The average molecular weight is 302 g/mol. The van der Waals surface area contributed by atoms with E-state index in [-0.39, 0.29) is 11.8 Å². The Morgan fingerprint density at radius 1 is 1.45 bits per heavy atom. The van der Waals surface area contributed by atoms with Crippen molar-refractivity contribution in [3.63, 3.8) is 0 Å². The second kappa shape index (κ2) is 6.80. The van der Waals surface area contributed by atoms with E-state index in [4.69, 9.17) is 4.74 Å². The first-order valence-electron chi connectivity index (χ1n) is 8.30. The summed E-state index contributed by atoms with van der Waals surface area (Å²) >= 11 is 0. The molecule has 4 nitrogen and oxygen atoms in total.